The average molecular weight is 534 g/mol. The summed E-state index contributed by atoms with van der Waals surface area (Å²) in [6.07, 6.45) is 5.42. The van der Waals surface area contributed by atoms with Gasteiger partial charge in [0.05, 0.1) is 34.6 Å². The first-order valence-electron chi connectivity index (χ1n) is 12.8. The zero-order valence-electron chi connectivity index (χ0n) is 22.2. The lowest BCUT2D eigenvalue weighted by molar-refractivity contribution is 0.0539. The van der Waals surface area contributed by atoms with Crippen LogP contribution in [0.15, 0.2) is 35.1 Å². The Labute approximate surface area is 224 Å². The lowest BCUT2D eigenvalue weighted by Crippen LogP contribution is -2.28. The number of aromatic nitrogens is 5. The predicted molar refractivity (Wildman–Crippen MR) is 146 cm³/mol. The average Bonchev–Trinajstić information content (AvgIpc) is 3.58. The maximum absolute atomic E-state index is 11.2. The summed E-state index contributed by atoms with van der Waals surface area (Å²) in [5, 5.41) is 15.4. The van der Waals surface area contributed by atoms with Crippen LogP contribution in [0.3, 0.4) is 0 Å². The van der Waals surface area contributed by atoms with Gasteiger partial charge in [-0.15, -0.1) is 0 Å². The van der Waals surface area contributed by atoms with Gasteiger partial charge in [-0.05, 0) is 76.2 Å². The molecule has 0 spiro atoms. The van der Waals surface area contributed by atoms with Gasteiger partial charge in [-0.1, -0.05) is 5.16 Å². The van der Waals surface area contributed by atoms with E-state index in [9.17, 15) is 5.11 Å². The van der Waals surface area contributed by atoms with Crippen molar-refractivity contribution in [2.45, 2.75) is 52.2 Å². The highest BCUT2D eigenvalue weighted by Gasteiger charge is 2.36. The molecule has 9 nitrogen and oxygen atoms in total. The molecule has 5 aromatic heterocycles. The van der Waals surface area contributed by atoms with Gasteiger partial charge in [0.2, 0.25) is 0 Å². The highest BCUT2D eigenvalue weighted by Crippen LogP contribution is 2.46. The molecule has 1 unspecified atom stereocenters. The minimum Gasteiger partial charge on any atom is -0.495 e. The van der Waals surface area contributed by atoms with Gasteiger partial charge in [-0.2, -0.15) is 4.37 Å². The molecule has 38 heavy (non-hydrogen) atoms. The Morgan fingerprint density at radius 3 is 2.68 bits per heavy atom. The van der Waals surface area contributed by atoms with Crippen LogP contribution >= 0.6 is 11.5 Å². The third-order valence-electron chi connectivity index (χ3n) is 7.44. The van der Waals surface area contributed by atoms with Crippen molar-refractivity contribution < 1.29 is 19.1 Å². The van der Waals surface area contributed by atoms with Crippen LogP contribution in [0.1, 0.15) is 55.6 Å². The van der Waals surface area contributed by atoms with Crippen molar-refractivity contribution in [3.63, 3.8) is 0 Å². The third-order valence-corrected chi connectivity index (χ3v) is 8.29. The van der Waals surface area contributed by atoms with Gasteiger partial charge >= 0.3 is 0 Å². The molecule has 0 aromatic carbocycles. The van der Waals surface area contributed by atoms with E-state index in [1.165, 1.54) is 11.5 Å². The maximum Gasteiger partial charge on any atom is 0.142 e. The summed E-state index contributed by atoms with van der Waals surface area (Å²) >= 11 is 1.37. The third kappa shape index (κ3) is 3.98. The van der Waals surface area contributed by atoms with E-state index in [-0.39, 0.29) is 12.0 Å². The molecule has 0 aliphatic carbocycles. The number of ether oxygens (including phenoxy) is 2. The van der Waals surface area contributed by atoms with Crippen LogP contribution in [0.25, 0.3) is 32.4 Å². The quantitative estimate of drug-likeness (QED) is 0.302. The van der Waals surface area contributed by atoms with E-state index in [0.717, 1.165) is 68.1 Å². The topological polar surface area (TPSA) is 108 Å². The molecule has 1 atom stereocenters. The standard InChI is InChI=1S/C28H31N5O4S/c1-15-21(16(2)37-31-15)18-13-19-22(30-14-18)26-25(27(32-38-26)28(3,4)34)33(19)24(17-8-11-36-12-9-17)23-20(35-5)7-6-10-29-23/h6-7,10,13-14,17,24,34H,8-9,11-12H2,1-5H3. The van der Waals surface area contributed by atoms with Crippen molar-refractivity contribution >= 4 is 32.8 Å². The molecular weight excluding hydrogens is 502 g/mol. The molecule has 1 aliphatic heterocycles. The first-order chi connectivity index (χ1) is 18.3. The summed E-state index contributed by atoms with van der Waals surface area (Å²) in [6, 6.07) is 5.80. The van der Waals surface area contributed by atoms with Gasteiger partial charge in [-0.3, -0.25) is 9.97 Å². The van der Waals surface area contributed by atoms with E-state index in [1.807, 2.05) is 38.4 Å². The van der Waals surface area contributed by atoms with Gasteiger partial charge < -0.3 is 23.7 Å². The minimum absolute atomic E-state index is 0.186. The van der Waals surface area contributed by atoms with Crippen LogP contribution in [0, 0.1) is 19.8 Å². The van der Waals surface area contributed by atoms with Crippen LogP contribution in [0.5, 0.6) is 5.75 Å². The fourth-order valence-electron chi connectivity index (χ4n) is 5.70. The monoisotopic (exact) mass is 533 g/mol. The number of hydrogen-bond donors (Lipinski definition) is 1. The van der Waals surface area contributed by atoms with Crippen LogP contribution in [0.4, 0.5) is 0 Å². The summed E-state index contributed by atoms with van der Waals surface area (Å²) in [7, 11) is 1.68. The Morgan fingerprint density at radius 1 is 1.21 bits per heavy atom. The molecule has 6 heterocycles. The summed E-state index contributed by atoms with van der Waals surface area (Å²) in [5.41, 5.74) is 5.67. The van der Waals surface area contributed by atoms with Crippen molar-refractivity contribution in [3.05, 3.63) is 53.4 Å². The second-order valence-corrected chi connectivity index (χ2v) is 11.2. The van der Waals surface area contributed by atoms with Crippen LogP contribution in [0.2, 0.25) is 0 Å². The van der Waals surface area contributed by atoms with Gasteiger partial charge in [0, 0.05) is 36.7 Å². The van der Waals surface area contributed by atoms with Crippen molar-refractivity contribution in [1.82, 2.24) is 24.1 Å². The number of hydrogen-bond acceptors (Lipinski definition) is 9. The van der Waals surface area contributed by atoms with Crippen molar-refractivity contribution in [2.75, 3.05) is 20.3 Å². The smallest absolute Gasteiger partial charge is 0.142 e. The van der Waals surface area contributed by atoms with E-state index in [2.05, 4.69) is 15.8 Å². The van der Waals surface area contributed by atoms with Gasteiger partial charge in [-0.25, -0.2) is 0 Å². The fraction of sp³-hybridized carbons (Fsp3) is 0.429. The highest BCUT2D eigenvalue weighted by molar-refractivity contribution is 7.14. The zero-order valence-corrected chi connectivity index (χ0v) is 23.0. The lowest BCUT2D eigenvalue weighted by Gasteiger charge is -2.33. The lowest BCUT2D eigenvalue weighted by atomic mass is 9.88. The first-order valence-corrected chi connectivity index (χ1v) is 13.6. The zero-order chi connectivity index (χ0) is 26.6. The van der Waals surface area contributed by atoms with E-state index in [0.29, 0.717) is 18.9 Å². The first kappa shape index (κ1) is 25.0. The van der Waals surface area contributed by atoms with E-state index in [4.69, 9.17) is 28.3 Å². The Bertz CT molecular complexity index is 1600. The molecule has 1 saturated heterocycles. The number of aliphatic hydroxyl groups is 1. The van der Waals surface area contributed by atoms with E-state index < -0.39 is 5.60 Å². The molecule has 1 N–H and O–H groups in total. The molecule has 10 heteroatoms. The summed E-state index contributed by atoms with van der Waals surface area (Å²) in [4.78, 5) is 9.81. The maximum atomic E-state index is 11.2. The van der Waals surface area contributed by atoms with Crippen molar-refractivity contribution in [3.8, 4) is 16.9 Å². The number of fused-ring (bicyclic) bond motifs is 3. The molecule has 0 bridgehead atoms. The number of nitrogens with zero attached hydrogens (tertiary/aromatic N) is 5. The second-order valence-electron chi connectivity index (χ2n) is 10.4. The molecule has 6 rings (SSSR count). The van der Waals surface area contributed by atoms with Crippen LogP contribution in [-0.4, -0.2) is 49.5 Å². The number of aryl methyl sites for hydroxylation is 2. The van der Waals surface area contributed by atoms with Gasteiger partial charge in [0.25, 0.3) is 0 Å². The summed E-state index contributed by atoms with van der Waals surface area (Å²) in [6.45, 7) is 8.77. The number of rotatable bonds is 6. The van der Waals surface area contributed by atoms with Crippen molar-refractivity contribution in [2.24, 2.45) is 5.92 Å². The summed E-state index contributed by atoms with van der Waals surface area (Å²) in [5.74, 6) is 1.69. The molecule has 0 saturated carbocycles. The molecule has 1 aliphatic rings. The van der Waals surface area contributed by atoms with Gasteiger partial charge in [0.1, 0.15) is 34.0 Å². The van der Waals surface area contributed by atoms with E-state index in [1.54, 1.807) is 21.0 Å². The Balaban J connectivity index is 1.72. The SMILES string of the molecule is COc1cccnc1C(C1CCOCC1)n1c2cc(-c3c(C)noc3C)cnc2c2snc(C(C)(C)O)c21. The molecule has 0 radical (unpaired) electrons. The summed E-state index contributed by atoms with van der Waals surface area (Å²) < 4.78 is 25.0. The van der Waals surface area contributed by atoms with E-state index >= 15 is 0 Å². The van der Waals surface area contributed by atoms with Crippen LogP contribution in [-0.2, 0) is 10.3 Å². The Kier molecular flexibility index (Phi) is 6.20. The normalized spacial score (nSPS) is 15.9. The number of pyridine rings is 2. The number of methoxy groups -OCH3 is 1. The molecule has 198 valence electrons. The molecule has 5 aromatic rings. The minimum atomic E-state index is -1.15. The highest BCUT2D eigenvalue weighted by atomic mass is 32.1. The van der Waals surface area contributed by atoms with Crippen molar-refractivity contribution in [1.29, 1.82) is 0 Å². The van der Waals surface area contributed by atoms with Gasteiger partial charge in [0.15, 0.2) is 0 Å². The molecule has 0 amide bonds. The largest absolute Gasteiger partial charge is 0.495 e. The van der Waals surface area contributed by atoms with Crippen LogP contribution < -0.4 is 4.74 Å². The second kappa shape index (κ2) is 9.44. The Morgan fingerprint density at radius 2 is 2.00 bits per heavy atom. The predicted octanol–water partition coefficient (Wildman–Crippen LogP) is 5.56. The molecule has 1 fully saturated rings. The molecular formula is C28H31N5O4S. The Hall–Kier alpha value is -3.34. The fourth-order valence-corrected chi connectivity index (χ4v) is 6.72.